The summed E-state index contributed by atoms with van der Waals surface area (Å²) in [5, 5.41) is 14.6. The van der Waals surface area contributed by atoms with Gasteiger partial charge in [0.1, 0.15) is 34.8 Å². The van der Waals surface area contributed by atoms with E-state index in [4.69, 9.17) is 23.8 Å². The molecule has 0 amide bonds. The van der Waals surface area contributed by atoms with Gasteiger partial charge in [-0.2, -0.15) is 0 Å². The summed E-state index contributed by atoms with van der Waals surface area (Å²) < 4.78 is 17.7. The molecule has 0 spiro atoms. The molecule has 0 aliphatic carbocycles. The average molecular weight is 1150 g/mol. The first kappa shape index (κ1) is 49.2. The van der Waals surface area contributed by atoms with E-state index in [1.54, 1.807) is 17.7 Å². The van der Waals surface area contributed by atoms with Crippen molar-refractivity contribution < 1.29 is 35.0 Å². The first-order valence-electron chi connectivity index (χ1n) is 24.7. The van der Waals surface area contributed by atoms with E-state index < -0.39 is 0 Å². The predicted molar refractivity (Wildman–Crippen MR) is 295 cm³/mol. The fraction of sp³-hybridized carbons (Fsp3) is 0.286. The number of imidazole rings is 1. The second-order valence-electron chi connectivity index (χ2n) is 23.7. The van der Waals surface area contributed by atoms with E-state index in [-0.39, 0.29) is 48.5 Å². The third-order valence-electron chi connectivity index (χ3n) is 13.9. The molecule has 9 heteroatoms. The van der Waals surface area contributed by atoms with Gasteiger partial charge in [-0.05, 0) is 81.0 Å². The molecule has 0 aliphatic heterocycles. The van der Waals surface area contributed by atoms with Crippen LogP contribution in [0.1, 0.15) is 111 Å². The molecule has 0 bridgehead atoms. The van der Waals surface area contributed by atoms with Crippen LogP contribution in [0, 0.1) is 18.4 Å². The minimum absolute atomic E-state index is 0. The summed E-state index contributed by atoms with van der Waals surface area (Å²) in [6.07, 6.45) is 2.46. The number of benzene rings is 6. The molecule has 0 atom stereocenters. The van der Waals surface area contributed by atoms with Crippen molar-refractivity contribution in [3.63, 3.8) is 0 Å². The molecule has 368 valence electrons. The molecular formula is C63H61N4O3PtS-. The summed E-state index contributed by atoms with van der Waals surface area (Å²) in [7, 11) is 0. The molecule has 0 fully saturated rings. The number of aromatic hydroxyl groups is 1. The van der Waals surface area contributed by atoms with Gasteiger partial charge in [-0.3, -0.25) is 9.55 Å². The van der Waals surface area contributed by atoms with Crippen molar-refractivity contribution in [2.45, 2.75) is 113 Å². The third-order valence-corrected chi connectivity index (χ3v) is 15.2. The third kappa shape index (κ3) is 8.38. The number of phenols is 1. The minimum atomic E-state index is -0.356. The number of hydrogen-bond acceptors (Lipinski definition) is 7. The summed E-state index contributed by atoms with van der Waals surface area (Å²) in [5.74, 6) is 1.87. The van der Waals surface area contributed by atoms with Gasteiger partial charge in [-0.1, -0.05) is 167 Å². The number of para-hydroxylation sites is 2. The molecule has 1 N–H and O–H groups in total. The fourth-order valence-corrected chi connectivity index (χ4v) is 11.3. The number of nitrogens with zero attached hydrogens (tertiary/aromatic N) is 4. The number of rotatable bonds is 6. The van der Waals surface area contributed by atoms with Gasteiger partial charge in [0, 0.05) is 55.3 Å². The zero-order chi connectivity index (χ0) is 50.1. The van der Waals surface area contributed by atoms with Crippen molar-refractivity contribution in [3.8, 4) is 56.3 Å². The van der Waals surface area contributed by atoms with Crippen LogP contribution in [0.5, 0.6) is 5.75 Å². The molecule has 7 nitrogen and oxygen atoms in total. The molecule has 6 aromatic carbocycles. The molecule has 11 rings (SSSR count). The van der Waals surface area contributed by atoms with Crippen LogP contribution in [0.25, 0.3) is 104 Å². The summed E-state index contributed by atoms with van der Waals surface area (Å²) in [6, 6.07) is 42.3. The Morgan fingerprint density at radius 3 is 2.06 bits per heavy atom. The smallest absolute Gasteiger partial charge is 0.170 e. The van der Waals surface area contributed by atoms with Crippen molar-refractivity contribution in [2.24, 2.45) is 5.41 Å². The van der Waals surface area contributed by atoms with Crippen molar-refractivity contribution >= 4 is 64.8 Å². The van der Waals surface area contributed by atoms with Crippen LogP contribution >= 0.6 is 11.3 Å². The van der Waals surface area contributed by atoms with Crippen LogP contribution in [0.15, 0.2) is 124 Å². The van der Waals surface area contributed by atoms with Crippen molar-refractivity contribution in [1.29, 1.82) is 0 Å². The Morgan fingerprint density at radius 2 is 1.35 bits per heavy atom. The van der Waals surface area contributed by atoms with Gasteiger partial charge in [-0.15, -0.1) is 29.0 Å². The van der Waals surface area contributed by atoms with Gasteiger partial charge in [-0.25, -0.2) is 9.97 Å². The van der Waals surface area contributed by atoms with Gasteiger partial charge >= 0.3 is 0 Å². The van der Waals surface area contributed by atoms with E-state index in [1.165, 1.54) is 5.56 Å². The van der Waals surface area contributed by atoms with Crippen LogP contribution in [-0.2, 0) is 43.7 Å². The van der Waals surface area contributed by atoms with Crippen LogP contribution in [0.2, 0.25) is 0 Å². The second-order valence-corrected chi connectivity index (χ2v) is 24.7. The van der Waals surface area contributed by atoms with Gasteiger partial charge < -0.3 is 13.9 Å². The molecule has 0 saturated carbocycles. The molecule has 5 aromatic heterocycles. The molecular weight excluding hydrogens is 1090 g/mol. The number of aryl methyl sites for hydroxylation is 1. The van der Waals surface area contributed by atoms with E-state index in [9.17, 15) is 5.11 Å². The predicted octanol–water partition coefficient (Wildman–Crippen LogP) is 17.6. The minimum Gasteiger partial charge on any atom is -0.507 e. The van der Waals surface area contributed by atoms with Crippen molar-refractivity contribution in [2.75, 3.05) is 0 Å². The second kappa shape index (κ2) is 17.4. The summed E-state index contributed by atoms with van der Waals surface area (Å²) in [5.41, 5.74) is 15.5. The van der Waals surface area contributed by atoms with E-state index in [2.05, 4.69) is 198 Å². The first-order chi connectivity index (χ1) is 33.5. The molecule has 0 saturated heterocycles. The van der Waals surface area contributed by atoms with Gasteiger partial charge in [0.15, 0.2) is 5.58 Å². The maximum atomic E-state index is 12.7. The molecule has 11 aromatic rings. The van der Waals surface area contributed by atoms with Crippen LogP contribution in [0.4, 0.5) is 0 Å². The number of aromatic nitrogens is 4. The zero-order valence-electron chi connectivity index (χ0n) is 43.5. The number of furan rings is 2. The monoisotopic (exact) mass is 1150 g/mol. The number of fused-ring (bicyclic) bond motifs is 7. The van der Waals surface area contributed by atoms with E-state index in [0.29, 0.717) is 17.0 Å². The largest absolute Gasteiger partial charge is 0.507 e. The Bertz CT molecular complexity index is 3920. The van der Waals surface area contributed by atoms with Crippen molar-refractivity contribution in [1.82, 2.24) is 19.5 Å². The van der Waals surface area contributed by atoms with Crippen LogP contribution in [0.3, 0.4) is 0 Å². The Kier molecular flexibility index (Phi) is 11.9. The van der Waals surface area contributed by atoms with Gasteiger partial charge in [0.25, 0.3) is 0 Å². The zero-order valence-corrected chi connectivity index (χ0v) is 46.5. The summed E-state index contributed by atoms with van der Waals surface area (Å²) in [4.78, 5) is 15.6. The van der Waals surface area contributed by atoms with E-state index in [1.807, 2.05) is 12.1 Å². The standard InChI is InChI=1S/C63H61N4O3S.Pt/c1-35-50(33-60(2,3)4)70-56-53-58(71-57(35)56)52(64-34-65-53)44-29-37(28-43-41-22-17-18-25-49(41)69-55(43)44)40-23-19-24-48-51(40)66-59(45-31-39(62(8,9)10)32-46(54(45)68)63(11,12)13)67(48)47-27-26-38(61(5,6)7)30-42(47)36-20-15-14-16-21-36;/h14-28,30-32,34,68H,33H2,1-13H3;/q-1;. The Morgan fingerprint density at radius 1 is 0.639 bits per heavy atom. The quantitative estimate of drug-likeness (QED) is 0.167. The number of hydrogen-bond donors (Lipinski definition) is 1. The van der Waals surface area contributed by atoms with Gasteiger partial charge in [0.05, 0.1) is 37.3 Å². The first-order valence-corrected chi connectivity index (χ1v) is 25.5. The Hall–Kier alpha value is -6.34. The average Bonchev–Trinajstić information content (AvgIpc) is 4.07. The molecule has 5 heterocycles. The topological polar surface area (TPSA) is 90.1 Å². The Labute approximate surface area is 440 Å². The van der Waals surface area contributed by atoms with Crippen LogP contribution in [-0.4, -0.2) is 24.6 Å². The summed E-state index contributed by atoms with van der Waals surface area (Å²) in [6.45, 7) is 28.8. The maximum absolute atomic E-state index is 12.7. The molecule has 0 aliphatic rings. The normalized spacial score (nSPS) is 12.8. The number of phenolic OH excluding ortho intramolecular Hbond substituents is 1. The fourth-order valence-electron chi connectivity index (χ4n) is 10.1. The number of thiophene rings is 1. The molecule has 72 heavy (non-hydrogen) atoms. The molecule has 0 unspecified atom stereocenters. The SMILES string of the molecule is Cc1c(CC(C)(C)C)oc2c1sc1c(-c3[c-]c(-c4cccc5c4nc(-c4cc(C(C)(C)C)cc(C(C)(C)C)c4O)n5-c4ccc(C(C)(C)C)cc4-c4ccccc4)cc4c3oc3ccccc34)ncnc12.[Pt]. The Balaban J connectivity index is 0.00000596. The maximum Gasteiger partial charge on any atom is 0.170 e. The molecule has 0 radical (unpaired) electrons. The van der Waals surface area contributed by atoms with Gasteiger partial charge in [0.2, 0.25) is 0 Å². The van der Waals surface area contributed by atoms with E-state index >= 15 is 0 Å². The van der Waals surface area contributed by atoms with Crippen molar-refractivity contribution in [3.05, 3.63) is 150 Å². The summed E-state index contributed by atoms with van der Waals surface area (Å²) >= 11 is 1.67. The van der Waals surface area contributed by atoms with E-state index in [0.717, 1.165) is 116 Å². The van der Waals surface area contributed by atoms with Crippen LogP contribution < -0.4 is 0 Å².